The van der Waals surface area contributed by atoms with Crippen LogP contribution >= 0.6 is 0 Å². The van der Waals surface area contributed by atoms with Crippen LogP contribution in [0.3, 0.4) is 0 Å². The Labute approximate surface area is 325 Å². The van der Waals surface area contributed by atoms with Gasteiger partial charge in [0.05, 0.1) is 11.4 Å². The van der Waals surface area contributed by atoms with Gasteiger partial charge in [0.15, 0.2) is 0 Å². The van der Waals surface area contributed by atoms with E-state index in [-0.39, 0.29) is 24.7 Å². The lowest BCUT2D eigenvalue weighted by Crippen LogP contribution is -2.51. The standard InChI is InChI=1S/C38H55N7O11/c46-32(41-23-11-7-15-29(35(50)51)43-38(56)44-30(36(52)53)19-20-34(48)49)17-3-1-2-4-18-33(47)42-24-12-8-16-31(37(54)55)45(25-27-13-5-9-21-39-27)26-28-14-6-10-22-40-28/h5-6,9-10,13-14,21-22,29-31H,1-4,7-8,11-12,15-20,23-26H2,(H,41,46)(H,42,47)(H,48,49)(H,50,51)(H,52,53)(H,54,55)(H2,43,44,56). The Hall–Kier alpha value is -5.65. The minimum Gasteiger partial charge on any atom is -0.481 e. The van der Waals surface area contributed by atoms with Crippen molar-refractivity contribution in [2.45, 2.75) is 121 Å². The summed E-state index contributed by atoms with van der Waals surface area (Å²) in [6.07, 6.45) is 8.46. The van der Waals surface area contributed by atoms with E-state index in [4.69, 9.17) is 10.2 Å². The largest absolute Gasteiger partial charge is 0.481 e. The number of carbonyl (C=O) groups is 7. The number of unbranched alkanes of at least 4 members (excludes halogenated alkanes) is 5. The minimum atomic E-state index is -1.49. The number of rotatable bonds is 30. The molecule has 18 heteroatoms. The molecule has 0 fully saturated rings. The molecule has 2 heterocycles. The quantitative estimate of drug-likeness (QED) is 0.0529. The summed E-state index contributed by atoms with van der Waals surface area (Å²) < 4.78 is 0. The molecule has 0 aliphatic rings. The first-order valence-electron chi connectivity index (χ1n) is 18.9. The summed E-state index contributed by atoms with van der Waals surface area (Å²) >= 11 is 0. The molecule has 0 saturated heterocycles. The number of urea groups is 1. The van der Waals surface area contributed by atoms with Crippen molar-refractivity contribution in [3.05, 3.63) is 60.2 Å². The van der Waals surface area contributed by atoms with Crippen molar-refractivity contribution in [3.8, 4) is 0 Å². The number of carboxylic acid groups (broad SMARTS) is 4. The Morgan fingerprint density at radius 2 is 1.04 bits per heavy atom. The van der Waals surface area contributed by atoms with Crippen molar-refractivity contribution in [3.63, 3.8) is 0 Å². The van der Waals surface area contributed by atoms with E-state index in [1.807, 2.05) is 41.3 Å². The van der Waals surface area contributed by atoms with Crippen molar-refractivity contribution < 1.29 is 54.0 Å². The molecule has 3 atom stereocenters. The van der Waals surface area contributed by atoms with Crippen LogP contribution in [0.5, 0.6) is 0 Å². The summed E-state index contributed by atoms with van der Waals surface area (Å²) in [6, 6.07) is 6.48. The fraction of sp³-hybridized carbons (Fsp3) is 0.553. The van der Waals surface area contributed by atoms with E-state index in [0.29, 0.717) is 84.0 Å². The Balaban J connectivity index is 1.56. The second kappa shape index (κ2) is 27.0. The SMILES string of the molecule is O=C(O)CCC(NC(=O)NC(CCCCNC(=O)CCCCCCC(=O)NCCCCC(C(=O)O)N(Cc1ccccn1)Cc1ccccn1)C(=O)O)C(=O)O. The second-order valence-corrected chi connectivity index (χ2v) is 13.3. The lowest BCUT2D eigenvalue weighted by atomic mass is 10.1. The molecule has 18 nitrogen and oxygen atoms in total. The number of aromatic nitrogens is 2. The molecule has 2 rings (SSSR count). The fourth-order valence-corrected chi connectivity index (χ4v) is 5.77. The smallest absolute Gasteiger partial charge is 0.326 e. The topological polar surface area (TPSA) is 278 Å². The zero-order valence-electron chi connectivity index (χ0n) is 31.6. The normalized spacial score (nSPS) is 12.5. The summed E-state index contributed by atoms with van der Waals surface area (Å²) in [5.41, 5.74) is 1.53. The highest BCUT2D eigenvalue weighted by molar-refractivity contribution is 5.86. The monoisotopic (exact) mass is 785 g/mol. The van der Waals surface area contributed by atoms with E-state index in [2.05, 4.69) is 31.2 Å². The van der Waals surface area contributed by atoms with Gasteiger partial charge in [0.2, 0.25) is 11.8 Å². The molecule has 0 spiro atoms. The molecule has 0 radical (unpaired) electrons. The summed E-state index contributed by atoms with van der Waals surface area (Å²) in [4.78, 5) is 93.0. The van der Waals surface area contributed by atoms with E-state index in [1.165, 1.54) is 0 Å². The van der Waals surface area contributed by atoms with Gasteiger partial charge in [0.25, 0.3) is 0 Å². The third-order valence-corrected chi connectivity index (χ3v) is 8.79. The first-order valence-corrected chi connectivity index (χ1v) is 18.9. The maximum Gasteiger partial charge on any atom is 0.326 e. The van der Waals surface area contributed by atoms with Gasteiger partial charge >= 0.3 is 29.9 Å². The van der Waals surface area contributed by atoms with Gasteiger partial charge in [-0.05, 0) is 82.1 Å². The van der Waals surface area contributed by atoms with E-state index in [9.17, 15) is 43.8 Å². The Morgan fingerprint density at radius 3 is 1.46 bits per heavy atom. The first kappa shape index (κ1) is 46.5. The predicted molar refractivity (Wildman–Crippen MR) is 202 cm³/mol. The van der Waals surface area contributed by atoms with Crippen LogP contribution < -0.4 is 21.3 Å². The molecule has 56 heavy (non-hydrogen) atoms. The Bertz CT molecular complexity index is 1490. The molecular weight excluding hydrogens is 730 g/mol. The molecule has 0 aromatic carbocycles. The van der Waals surface area contributed by atoms with Crippen molar-refractivity contribution in [2.75, 3.05) is 13.1 Å². The molecule has 2 aromatic rings. The van der Waals surface area contributed by atoms with Crippen molar-refractivity contribution in [2.24, 2.45) is 0 Å². The van der Waals surface area contributed by atoms with Crippen LogP contribution in [-0.2, 0) is 41.9 Å². The number of nitrogens with zero attached hydrogens (tertiary/aromatic N) is 3. The van der Waals surface area contributed by atoms with Gasteiger partial charge < -0.3 is 41.7 Å². The summed E-state index contributed by atoms with van der Waals surface area (Å²) in [5, 5.41) is 47.3. The van der Waals surface area contributed by atoms with E-state index in [1.54, 1.807) is 12.4 Å². The molecule has 0 saturated carbocycles. The molecule has 0 aliphatic carbocycles. The highest BCUT2D eigenvalue weighted by Crippen LogP contribution is 2.16. The van der Waals surface area contributed by atoms with Gasteiger partial charge in [-0.25, -0.2) is 14.4 Å². The lowest BCUT2D eigenvalue weighted by Gasteiger charge is -2.28. The molecule has 2 aromatic heterocycles. The summed E-state index contributed by atoms with van der Waals surface area (Å²) in [7, 11) is 0. The van der Waals surface area contributed by atoms with Gasteiger partial charge in [-0.3, -0.25) is 34.0 Å². The molecule has 4 amide bonds. The number of amides is 4. The number of aliphatic carboxylic acids is 4. The number of hydrogen-bond donors (Lipinski definition) is 8. The zero-order valence-corrected chi connectivity index (χ0v) is 31.6. The molecule has 3 unspecified atom stereocenters. The third-order valence-electron chi connectivity index (χ3n) is 8.79. The lowest BCUT2D eigenvalue weighted by molar-refractivity contribution is -0.144. The number of carbonyl (C=O) groups excluding carboxylic acids is 3. The minimum absolute atomic E-state index is 0.0313. The number of nitrogens with one attached hydrogen (secondary N) is 4. The van der Waals surface area contributed by atoms with Crippen LogP contribution in [-0.4, -0.2) is 108 Å². The second-order valence-electron chi connectivity index (χ2n) is 13.3. The Kier molecular flexibility index (Phi) is 22.4. The Morgan fingerprint density at radius 1 is 0.554 bits per heavy atom. The summed E-state index contributed by atoms with van der Waals surface area (Å²) in [6.45, 7) is 1.46. The fourth-order valence-electron chi connectivity index (χ4n) is 5.77. The maximum atomic E-state index is 12.3. The van der Waals surface area contributed by atoms with Gasteiger partial charge in [-0.1, -0.05) is 25.0 Å². The maximum absolute atomic E-state index is 12.3. The van der Waals surface area contributed by atoms with Crippen molar-refractivity contribution >= 4 is 41.7 Å². The predicted octanol–water partition coefficient (Wildman–Crippen LogP) is 2.92. The van der Waals surface area contributed by atoms with Gasteiger partial charge in [0, 0.05) is 57.8 Å². The average Bonchev–Trinajstić information content (AvgIpc) is 3.15. The van der Waals surface area contributed by atoms with E-state index < -0.39 is 54.5 Å². The third kappa shape index (κ3) is 20.7. The zero-order chi connectivity index (χ0) is 41.1. The van der Waals surface area contributed by atoms with Crippen molar-refractivity contribution in [1.29, 1.82) is 0 Å². The van der Waals surface area contributed by atoms with Gasteiger partial charge in [-0.2, -0.15) is 0 Å². The first-order chi connectivity index (χ1) is 26.8. The van der Waals surface area contributed by atoms with Gasteiger partial charge in [0.1, 0.15) is 18.1 Å². The van der Waals surface area contributed by atoms with Crippen LogP contribution in [0.1, 0.15) is 101 Å². The highest BCUT2D eigenvalue weighted by Gasteiger charge is 2.27. The summed E-state index contributed by atoms with van der Waals surface area (Å²) in [5.74, 6) is -5.16. The van der Waals surface area contributed by atoms with Crippen LogP contribution in [0.25, 0.3) is 0 Å². The molecular formula is C38H55N7O11. The molecule has 0 aliphatic heterocycles. The number of hydrogen-bond acceptors (Lipinski definition) is 10. The molecule has 0 bridgehead atoms. The molecule has 308 valence electrons. The van der Waals surface area contributed by atoms with E-state index in [0.717, 1.165) is 24.2 Å². The average molecular weight is 786 g/mol. The van der Waals surface area contributed by atoms with Crippen LogP contribution in [0.15, 0.2) is 48.8 Å². The van der Waals surface area contributed by atoms with Gasteiger partial charge in [-0.15, -0.1) is 0 Å². The van der Waals surface area contributed by atoms with Crippen LogP contribution in [0.4, 0.5) is 4.79 Å². The molecule has 8 N–H and O–H groups in total. The number of carboxylic acids is 4. The highest BCUT2D eigenvalue weighted by atomic mass is 16.4. The van der Waals surface area contributed by atoms with Crippen LogP contribution in [0, 0.1) is 0 Å². The van der Waals surface area contributed by atoms with Crippen molar-refractivity contribution in [1.82, 2.24) is 36.1 Å². The van der Waals surface area contributed by atoms with E-state index >= 15 is 0 Å². The van der Waals surface area contributed by atoms with Crippen LogP contribution in [0.2, 0.25) is 0 Å². The number of pyridine rings is 2.